The first-order valence-corrected chi connectivity index (χ1v) is 24.3. The maximum atomic E-state index is 11.6. The first-order valence-electron chi connectivity index (χ1n) is 22.4. The van der Waals surface area contributed by atoms with Crippen LogP contribution >= 0.6 is 0 Å². The van der Waals surface area contributed by atoms with Crippen LogP contribution in [-0.4, -0.2) is 199 Å². The molecule has 17 nitrogen and oxygen atoms in total. The second-order valence-corrected chi connectivity index (χ2v) is 21.5. The molecule has 0 aliphatic carbocycles. The topological polar surface area (TPSA) is 239 Å². The van der Waals surface area contributed by atoms with Gasteiger partial charge in [-0.2, -0.15) is 0 Å². The first kappa shape index (κ1) is 59.9. The van der Waals surface area contributed by atoms with E-state index in [1.54, 1.807) is 12.1 Å². The second-order valence-electron chi connectivity index (χ2n) is 19.5. The minimum atomic E-state index is -2.79. The number of benzene rings is 1. The third-order valence-corrected chi connectivity index (χ3v) is 11.4. The quantitative estimate of drug-likeness (QED) is 0.0652. The lowest BCUT2D eigenvalue weighted by atomic mass is 9.96. The van der Waals surface area contributed by atoms with Gasteiger partial charge in [0.05, 0.1) is 16.4 Å². The smallest absolute Gasteiger partial charge is 0.229 e. The highest BCUT2D eigenvalue weighted by Crippen LogP contribution is 2.26. The number of carbonyl (C=O) groups is 2. The molecule has 374 valence electrons. The zero-order valence-corrected chi connectivity index (χ0v) is 41.5. The van der Waals surface area contributed by atoms with Gasteiger partial charge in [0.15, 0.2) is 17.9 Å². The van der Waals surface area contributed by atoms with E-state index in [0.717, 1.165) is 70.5 Å². The Morgan fingerprint density at radius 1 is 0.703 bits per heavy atom. The Morgan fingerprint density at radius 2 is 1.16 bits per heavy atom. The summed E-state index contributed by atoms with van der Waals surface area (Å²) in [6.45, 7) is 23.7. The van der Waals surface area contributed by atoms with E-state index in [-0.39, 0.29) is 5.41 Å². The summed E-state index contributed by atoms with van der Waals surface area (Å²) in [5.74, 6) is 4.42. The Kier molecular flexibility index (Phi) is 27.0. The maximum Gasteiger partial charge on any atom is 0.229 e. The van der Waals surface area contributed by atoms with Crippen LogP contribution in [0, 0.1) is 17.3 Å². The molecule has 0 bridgehead atoms. The number of hydrogen-bond acceptors (Lipinski definition) is 16. The number of ketones is 2. The van der Waals surface area contributed by atoms with Crippen molar-refractivity contribution in [3.8, 4) is 5.75 Å². The fourth-order valence-corrected chi connectivity index (χ4v) is 7.43. The van der Waals surface area contributed by atoms with Crippen LogP contribution in [0.3, 0.4) is 0 Å². The first-order chi connectivity index (χ1) is 29.5. The van der Waals surface area contributed by atoms with Gasteiger partial charge in [0.1, 0.15) is 54.6 Å². The summed E-state index contributed by atoms with van der Waals surface area (Å²) in [7, 11) is 3.36. The Labute approximate surface area is 383 Å². The number of ether oxygens (including phenoxy) is 4. The molecule has 1 aromatic rings. The molecule has 0 amide bonds. The fraction of sp³-hybridized carbons (Fsp3) is 0.804. The van der Waals surface area contributed by atoms with Crippen LogP contribution in [0.15, 0.2) is 24.3 Å². The summed E-state index contributed by atoms with van der Waals surface area (Å²) >= 11 is 0. The monoisotopic (exact) mass is 936 g/mol. The van der Waals surface area contributed by atoms with Crippen molar-refractivity contribution >= 4 is 27.2 Å². The van der Waals surface area contributed by atoms with Gasteiger partial charge in [-0.05, 0) is 121 Å². The van der Waals surface area contributed by atoms with Crippen molar-refractivity contribution in [3.05, 3.63) is 29.8 Å². The summed E-state index contributed by atoms with van der Waals surface area (Å²) in [6.07, 6.45) is -9.76. The molecule has 18 heteroatoms. The third kappa shape index (κ3) is 24.1. The number of carbonyl (C=O) groups excluding carboxylic acids is 2. The summed E-state index contributed by atoms with van der Waals surface area (Å²) in [5.41, 5.74) is 1.40. The van der Waals surface area contributed by atoms with Crippen molar-refractivity contribution in [2.75, 3.05) is 66.2 Å². The molecule has 11 atom stereocenters. The molecule has 0 radical (unpaired) electrons. The molecule has 3 rings (SSSR count). The maximum absolute atomic E-state index is 11.6. The zero-order valence-electron chi connectivity index (χ0n) is 40.7. The molecule has 0 saturated carbocycles. The van der Waals surface area contributed by atoms with Crippen molar-refractivity contribution in [1.29, 1.82) is 0 Å². The van der Waals surface area contributed by atoms with Gasteiger partial charge in [0.2, 0.25) is 6.29 Å². The molecular weight excluding hydrogens is 851 g/mol. The minimum Gasteiger partial charge on any atom is -0.462 e. The number of hydrogen-bond donors (Lipinski definition) is 7. The van der Waals surface area contributed by atoms with E-state index in [1.807, 2.05) is 26.2 Å². The lowest BCUT2D eigenvalue weighted by Crippen LogP contribution is -2.60. The molecule has 1 aromatic carbocycles. The van der Waals surface area contributed by atoms with E-state index < -0.39 is 82.8 Å². The van der Waals surface area contributed by atoms with Crippen molar-refractivity contribution in [2.45, 2.75) is 156 Å². The zero-order chi connectivity index (χ0) is 49.1. The van der Waals surface area contributed by atoms with Crippen molar-refractivity contribution in [1.82, 2.24) is 14.7 Å². The van der Waals surface area contributed by atoms with E-state index in [2.05, 4.69) is 76.1 Å². The molecule has 2 fully saturated rings. The third-order valence-electron chi connectivity index (χ3n) is 10.5. The summed E-state index contributed by atoms with van der Waals surface area (Å²) in [5, 5.41) is 59.2. The SMILES string of the molecule is C=S(=O)(O)CCCN(C)CC(C)(C)C.CC(=O)C1OC(OCCCN(C)CCC(C)C)C(O)C(O)C1O.CC(=O)C1OC(Oc2ccc(CN(C)CCC(C)C)cc2)C(O)C(O)C1O. The van der Waals surface area contributed by atoms with Gasteiger partial charge in [0.25, 0.3) is 0 Å². The molecule has 7 N–H and O–H groups in total. The van der Waals surface area contributed by atoms with Gasteiger partial charge in [0, 0.05) is 25.4 Å². The molecule has 0 spiro atoms. The second kappa shape index (κ2) is 28.9. The van der Waals surface area contributed by atoms with Crippen LogP contribution in [0.1, 0.15) is 93.6 Å². The van der Waals surface area contributed by atoms with Crippen molar-refractivity contribution < 1.29 is 67.9 Å². The van der Waals surface area contributed by atoms with Gasteiger partial charge in [-0.25, -0.2) is 4.21 Å². The van der Waals surface area contributed by atoms with Crippen LogP contribution in [-0.2, 0) is 40.1 Å². The normalized spacial score (nSPS) is 27.2. The highest BCUT2D eigenvalue weighted by atomic mass is 32.2. The molecule has 0 aromatic heterocycles. The van der Waals surface area contributed by atoms with Crippen molar-refractivity contribution in [3.63, 3.8) is 0 Å². The van der Waals surface area contributed by atoms with Crippen LogP contribution in [0.5, 0.6) is 5.75 Å². The summed E-state index contributed by atoms with van der Waals surface area (Å²) in [4.78, 5) is 29.6. The average Bonchev–Trinajstić information content (AvgIpc) is 3.17. The molecule has 64 heavy (non-hydrogen) atoms. The fourth-order valence-electron chi connectivity index (χ4n) is 6.85. The summed E-state index contributed by atoms with van der Waals surface area (Å²) in [6, 6.07) is 7.35. The number of nitrogens with zero attached hydrogens (tertiary/aromatic N) is 3. The highest BCUT2D eigenvalue weighted by molar-refractivity contribution is 7.95. The van der Waals surface area contributed by atoms with Gasteiger partial charge in [-0.1, -0.05) is 60.6 Å². The predicted molar refractivity (Wildman–Crippen MR) is 249 cm³/mol. The minimum absolute atomic E-state index is 0.278. The van der Waals surface area contributed by atoms with Crippen LogP contribution < -0.4 is 4.74 Å². The van der Waals surface area contributed by atoms with Gasteiger partial charge >= 0.3 is 0 Å². The Balaban J connectivity index is 0.000000505. The van der Waals surface area contributed by atoms with E-state index in [1.165, 1.54) is 13.8 Å². The lowest BCUT2D eigenvalue weighted by molar-refractivity contribution is -0.290. The number of aliphatic hydroxyl groups excluding tert-OH is 6. The average molecular weight is 936 g/mol. The molecule has 11 unspecified atom stereocenters. The largest absolute Gasteiger partial charge is 0.462 e. The molecule has 2 saturated heterocycles. The number of Topliss-reactive ketones (excluding diaryl/α,β-unsaturated/α-hetero) is 2. The number of rotatable bonds is 22. The van der Waals surface area contributed by atoms with Crippen LogP contribution in [0.2, 0.25) is 0 Å². The van der Waals surface area contributed by atoms with Gasteiger partial charge < -0.3 is 68.8 Å². The molecule has 2 aliphatic heterocycles. The molecule has 2 aliphatic rings. The van der Waals surface area contributed by atoms with Crippen LogP contribution in [0.25, 0.3) is 0 Å². The summed E-state index contributed by atoms with van der Waals surface area (Å²) < 4.78 is 41.5. The van der Waals surface area contributed by atoms with E-state index in [9.17, 15) is 44.4 Å². The van der Waals surface area contributed by atoms with E-state index in [4.69, 9.17) is 23.5 Å². The standard InChI is InChI=1S/C20H31NO6.C16H31NO6.C10H23NO2S/c1-12(2)9-10-21(4)11-14-5-7-15(8-6-14)26-20-18(25)16(23)17(24)19(27-20)13(3)22;1-10(2)6-8-17(4)7-5-9-22-16-14(21)12(19)13(20)15(23-16)11(3)18;1-10(2,3)9-11(4)7-6-8-14(5,12)13/h5-8,12,16-20,23-25H,9-11H2,1-4H3;10,12-16,19-21H,5-9H2,1-4H3;5-9H2,1-4H3,(H,12,13). The molecule has 2 heterocycles. The predicted octanol–water partition coefficient (Wildman–Crippen LogP) is 2.25. The van der Waals surface area contributed by atoms with Gasteiger partial charge in [-0.15, -0.1) is 0 Å². The number of aliphatic hydroxyl groups is 6. The molecular formula is C46H85N3O14S. The lowest BCUT2D eigenvalue weighted by Gasteiger charge is -2.39. The Bertz CT molecular complexity index is 1580. The van der Waals surface area contributed by atoms with E-state index in [0.29, 0.717) is 29.9 Å². The Hall–Kier alpha value is -2.14. The van der Waals surface area contributed by atoms with Crippen LogP contribution in [0.4, 0.5) is 0 Å². The van der Waals surface area contributed by atoms with Crippen molar-refractivity contribution in [2.24, 2.45) is 17.3 Å². The van der Waals surface area contributed by atoms with E-state index >= 15 is 0 Å². The highest BCUT2D eigenvalue weighted by Gasteiger charge is 2.47. The Morgan fingerprint density at radius 3 is 1.61 bits per heavy atom. The van der Waals surface area contributed by atoms with Gasteiger partial charge in [-0.3, -0.25) is 9.59 Å².